The van der Waals surface area contributed by atoms with Gasteiger partial charge in [-0.25, -0.2) is 4.39 Å². The van der Waals surface area contributed by atoms with Crippen LogP contribution in [-0.2, 0) is 26.5 Å². The number of benzene rings is 4. The summed E-state index contributed by atoms with van der Waals surface area (Å²) >= 11 is -0.207. The molecule has 0 aliphatic heterocycles. The van der Waals surface area contributed by atoms with E-state index in [9.17, 15) is 0 Å². The molecule has 6 heteroatoms. The van der Waals surface area contributed by atoms with Crippen molar-refractivity contribution < 1.29 is 24.5 Å². The Morgan fingerprint density at radius 1 is 0.776 bits per heavy atom. The van der Waals surface area contributed by atoms with Crippen LogP contribution in [0.25, 0.3) is 53.8 Å². The monoisotopic (exact) mass is 901 g/mol. The molecule has 49 heavy (non-hydrogen) atoms. The number of fused-ring (bicyclic) bond motifs is 3. The molecule has 249 valence electrons. The van der Waals surface area contributed by atoms with E-state index in [2.05, 4.69) is 75.8 Å². The van der Waals surface area contributed by atoms with Gasteiger partial charge < -0.3 is 4.98 Å². The Hall–Kier alpha value is -3.48. The van der Waals surface area contributed by atoms with Gasteiger partial charge in [0.05, 0.1) is 4.70 Å². The van der Waals surface area contributed by atoms with Gasteiger partial charge in [-0.1, -0.05) is 79.1 Å². The summed E-state index contributed by atoms with van der Waals surface area (Å²) in [4.78, 5) is 9.15. The maximum Gasteiger partial charge on any atom is 0 e. The minimum absolute atomic E-state index is 0. The second-order valence-corrected chi connectivity index (χ2v) is 25.5. The van der Waals surface area contributed by atoms with Crippen LogP contribution in [0, 0.1) is 23.9 Å². The average molecular weight is 900 g/mol. The van der Waals surface area contributed by atoms with Crippen LogP contribution in [0.1, 0.15) is 31.2 Å². The van der Waals surface area contributed by atoms with E-state index in [4.69, 9.17) is 0 Å². The van der Waals surface area contributed by atoms with Gasteiger partial charge in [0.25, 0.3) is 0 Å². The maximum atomic E-state index is 15.0. The van der Waals surface area contributed by atoms with Crippen LogP contribution in [-0.4, -0.2) is 23.2 Å². The van der Waals surface area contributed by atoms with Crippen LogP contribution in [0.4, 0.5) is 4.39 Å². The molecule has 1 aliphatic rings. The summed E-state index contributed by atoms with van der Waals surface area (Å²) < 4.78 is 18.2. The first-order valence-electron chi connectivity index (χ1n) is 16.8. The molecule has 0 amide bonds. The van der Waals surface area contributed by atoms with Gasteiger partial charge in [-0.15, -0.1) is 23.8 Å². The summed E-state index contributed by atoms with van der Waals surface area (Å²) in [7, 11) is 0. The normalized spacial score (nSPS) is 13.2. The zero-order valence-corrected chi connectivity index (χ0v) is 33.4. The molecule has 0 N–H and O–H groups in total. The Balaban J connectivity index is 0.000000208. The van der Waals surface area contributed by atoms with E-state index in [0.717, 1.165) is 61.5 Å². The number of thiophene rings is 1. The fraction of sp³-hybridized carbons (Fsp3) is 0.209. The molecule has 8 rings (SSSR count). The second-order valence-electron chi connectivity index (χ2n) is 13.8. The van der Waals surface area contributed by atoms with Gasteiger partial charge in [0.2, 0.25) is 0 Å². The van der Waals surface area contributed by atoms with Crippen molar-refractivity contribution in [3.8, 4) is 33.6 Å². The first-order chi connectivity index (χ1) is 23.3. The molecule has 1 saturated carbocycles. The second kappa shape index (κ2) is 15.6. The van der Waals surface area contributed by atoms with Gasteiger partial charge in [0, 0.05) is 26.3 Å². The minimum Gasteiger partial charge on any atom is 0 e. The van der Waals surface area contributed by atoms with Crippen LogP contribution in [0.3, 0.4) is 0 Å². The SMILES string of the molecule is Fc1cc(-c2ccccc2)cc2c1sc1cc(-c3cc(CC4CCCC4)ccn3)[c-]cc12.[CH3][Ge]([CH3])([CH3])[c]1ccc(-c2[c-]cccc2)nc1.[Ir]. The summed E-state index contributed by atoms with van der Waals surface area (Å²) in [6.07, 6.45) is 10.5. The first kappa shape index (κ1) is 35.4. The zero-order chi connectivity index (χ0) is 33.1. The van der Waals surface area contributed by atoms with E-state index in [-0.39, 0.29) is 25.9 Å². The van der Waals surface area contributed by atoms with E-state index in [1.54, 1.807) is 6.07 Å². The molecular formula is C43H39FGeIrN2S-2. The van der Waals surface area contributed by atoms with Crippen LogP contribution in [0.5, 0.6) is 0 Å². The average Bonchev–Trinajstić information content (AvgIpc) is 3.77. The van der Waals surface area contributed by atoms with Crippen molar-refractivity contribution in [2.45, 2.75) is 49.4 Å². The zero-order valence-electron chi connectivity index (χ0n) is 28.1. The molecule has 1 fully saturated rings. The number of hydrogen-bond donors (Lipinski definition) is 0. The molecule has 0 saturated heterocycles. The molecule has 1 aliphatic carbocycles. The van der Waals surface area contributed by atoms with Crippen LogP contribution >= 0.6 is 11.3 Å². The third-order valence-corrected chi connectivity index (χ3v) is 14.7. The summed E-state index contributed by atoms with van der Waals surface area (Å²) in [5, 5.41) is 2.00. The van der Waals surface area contributed by atoms with Crippen molar-refractivity contribution in [1.29, 1.82) is 0 Å². The third kappa shape index (κ3) is 8.29. The molecule has 3 heterocycles. The molecule has 0 bridgehead atoms. The first-order valence-corrected chi connectivity index (χ1v) is 25.0. The Bertz CT molecular complexity index is 2150. The Labute approximate surface area is 309 Å². The molecule has 4 aromatic carbocycles. The summed E-state index contributed by atoms with van der Waals surface area (Å²) in [5.74, 6) is 7.78. The molecule has 2 nitrogen and oxygen atoms in total. The van der Waals surface area contributed by atoms with Gasteiger partial charge in [-0.2, -0.15) is 11.3 Å². The number of rotatable bonds is 6. The topological polar surface area (TPSA) is 25.8 Å². The van der Waals surface area contributed by atoms with Crippen molar-refractivity contribution in [1.82, 2.24) is 9.97 Å². The van der Waals surface area contributed by atoms with E-state index < -0.39 is 13.3 Å². The molecule has 3 aromatic heterocycles. The largest absolute Gasteiger partial charge is 0 e. The van der Waals surface area contributed by atoms with Gasteiger partial charge in [0.1, 0.15) is 5.82 Å². The minimum atomic E-state index is -1.72. The van der Waals surface area contributed by atoms with E-state index in [0.29, 0.717) is 4.70 Å². The standard InChI is InChI=1S/C29H23FNS.C14H16GeN.Ir/c30-26-17-23(21-8-2-1-3-9-21)16-25-24-11-10-22(18-28(24)32-29(25)26)27-15-20(12-13-31-27)14-19-6-4-5-7-19;1-15(2,3)13-9-10-14(16-11-13)12-7-5-4-6-8-12;/h1-3,8-9,11-13,15-19H,4-7,14H2;4-7,9-11H,1-3H3;/q2*-1;. The van der Waals surface area contributed by atoms with Crippen molar-refractivity contribution in [2.75, 3.05) is 0 Å². The predicted octanol–water partition coefficient (Wildman–Crippen LogP) is 11.5. The van der Waals surface area contributed by atoms with Crippen molar-refractivity contribution >= 4 is 49.2 Å². The third-order valence-electron chi connectivity index (χ3n) is 9.28. The molecule has 0 spiro atoms. The number of halogens is 1. The van der Waals surface area contributed by atoms with Gasteiger partial charge >= 0.3 is 99.8 Å². The van der Waals surface area contributed by atoms with Crippen LogP contribution in [0.15, 0.2) is 116 Å². The van der Waals surface area contributed by atoms with Crippen molar-refractivity contribution in [3.63, 3.8) is 0 Å². The Morgan fingerprint density at radius 3 is 2.29 bits per heavy atom. The Kier molecular flexibility index (Phi) is 11.3. The van der Waals surface area contributed by atoms with Gasteiger partial charge in [0.15, 0.2) is 0 Å². The maximum absolute atomic E-state index is 15.0. The fourth-order valence-electron chi connectivity index (χ4n) is 6.56. The Morgan fingerprint density at radius 2 is 1.57 bits per heavy atom. The van der Waals surface area contributed by atoms with Crippen LogP contribution < -0.4 is 4.40 Å². The number of pyridine rings is 2. The smallest absolute Gasteiger partial charge is 0 e. The van der Waals surface area contributed by atoms with E-state index >= 15 is 4.39 Å². The molecule has 7 aromatic rings. The fourth-order valence-corrected chi connectivity index (χ4v) is 9.85. The summed E-state index contributed by atoms with van der Waals surface area (Å²) in [5.41, 5.74) is 7.28. The molecule has 0 unspecified atom stereocenters. The van der Waals surface area contributed by atoms with Crippen molar-refractivity contribution in [3.05, 3.63) is 139 Å². The molecular weight excluding hydrogens is 860 g/mol. The predicted molar refractivity (Wildman–Crippen MR) is 204 cm³/mol. The molecule has 1 radical (unpaired) electrons. The molecule has 0 atom stereocenters. The number of nitrogens with zero attached hydrogens (tertiary/aromatic N) is 2. The quantitative estimate of drug-likeness (QED) is 0.123. The summed E-state index contributed by atoms with van der Waals surface area (Å²) in [6, 6.07) is 41.1. The summed E-state index contributed by atoms with van der Waals surface area (Å²) in [6.45, 7) is 0. The van der Waals surface area contributed by atoms with E-state index in [1.807, 2.05) is 73.1 Å². The van der Waals surface area contributed by atoms with Crippen LogP contribution in [0.2, 0.25) is 17.3 Å². The van der Waals surface area contributed by atoms with Gasteiger partial charge in [-0.3, -0.25) is 0 Å². The number of hydrogen-bond acceptors (Lipinski definition) is 3. The van der Waals surface area contributed by atoms with Gasteiger partial charge in [-0.05, 0) is 51.4 Å². The number of aromatic nitrogens is 2. The van der Waals surface area contributed by atoms with E-state index in [1.165, 1.54) is 47.0 Å². The van der Waals surface area contributed by atoms with Crippen molar-refractivity contribution in [2.24, 2.45) is 5.92 Å².